The fourth-order valence-corrected chi connectivity index (χ4v) is 5.61. The molecule has 0 radical (unpaired) electrons. The van der Waals surface area contributed by atoms with Crippen LogP contribution in [0.4, 0.5) is 21.7 Å². The summed E-state index contributed by atoms with van der Waals surface area (Å²) in [4.78, 5) is 30.5. The molecule has 1 amide bonds. The molecular formula is C22H22FN7O3. The summed E-state index contributed by atoms with van der Waals surface area (Å²) in [6, 6.07) is 4.79. The summed E-state index contributed by atoms with van der Waals surface area (Å²) in [5.74, 6) is 1.45. The standard InChI is InChI=1S/C22H22FN7O3/c1-24-16-7-15(28-19-10(8-25-30(16)19)20(31)27-13-5-4-12(13)23)26-14-3-2-6-29(21(14)32)22-11-9-33-18(22)17(11)22/h2-3,6-8,11-13,17-18,24H,4-5,9H2,1H3,(H,26,28)(H,27,31)/t11-,12-,13+,17-,18?,22-/m1/s1. The minimum absolute atomic E-state index is 0.129. The second-order valence-corrected chi connectivity index (χ2v) is 9.24. The van der Waals surface area contributed by atoms with E-state index in [1.54, 1.807) is 23.7 Å². The van der Waals surface area contributed by atoms with Crippen LogP contribution >= 0.6 is 0 Å². The van der Waals surface area contributed by atoms with Gasteiger partial charge < -0.3 is 25.3 Å². The fraction of sp³-hybridized carbons (Fsp3) is 0.455. The van der Waals surface area contributed by atoms with E-state index < -0.39 is 18.1 Å². The van der Waals surface area contributed by atoms with Gasteiger partial charge in [0.05, 0.1) is 30.5 Å². The van der Waals surface area contributed by atoms with Crippen molar-refractivity contribution in [3.05, 3.63) is 46.5 Å². The van der Waals surface area contributed by atoms with E-state index in [1.807, 2.05) is 12.3 Å². The number of hydrogen-bond donors (Lipinski definition) is 3. The number of rotatable bonds is 6. The number of fused-ring (bicyclic) bond motifs is 2. The number of nitrogens with zero attached hydrogens (tertiary/aromatic N) is 4. The zero-order valence-corrected chi connectivity index (χ0v) is 17.8. The summed E-state index contributed by atoms with van der Waals surface area (Å²) in [5, 5.41) is 13.1. The second kappa shape index (κ2) is 6.31. The summed E-state index contributed by atoms with van der Waals surface area (Å²) in [6.45, 7) is 0.721. The van der Waals surface area contributed by atoms with E-state index in [0.717, 1.165) is 6.61 Å². The molecule has 1 unspecified atom stereocenters. The van der Waals surface area contributed by atoms with Crippen LogP contribution in [0, 0.1) is 11.8 Å². The van der Waals surface area contributed by atoms with Crippen LogP contribution in [0.2, 0.25) is 0 Å². The smallest absolute Gasteiger partial charge is 0.274 e. The zero-order chi connectivity index (χ0) is 22.5. The molecule has 5 aliphatic rings. The van der Waals surface area contributed by atoms with Gasteiger partial charge in [0.2, 0.25) is 0 Å². The molecule has 0 aromatic carbocycles. The van der Waals surface area contributed by atoms with Gasteiger partial charge in [-0.2, -0.15) is 9.61 Å². The van der Waals surface area contributed by atoms with Crippen molar-refractivity contribution in [3.8, 4) is 0 Å². The Kier molecular flexibility index (Phi) is 3.64. The minimum Gasteiger partial charge on any atom is -0.375 e. The normalized spacial score (nSPS) is 32.7. The maximum absolute atomic E-state index is 13.6. The van der Waals surface area contributed by atoms with Crippen LogP contribution in [0.25, 0.3) is 5.65 Å². The Hall–Kier alpha value is -3.47. The van der Waals surface area contributed by atoms with Gasteiger partial charge in [-0.05, 0) is 25.0 Å². The first-order valence-electron chi connectivity index (χ1n) is 11.2. The number of aromatic nitrogens is 4. The molecule has 5 fully saturated rings. The lowest BCUT2D eigenvalue weighted by Gasteiger charge is -2.30. The number of amides is 1. The number of carbonyl (C=O) groups is 1. The summed E-state index contributed by atoms with van der Waals surface area (Å²) < 4.78 is 22.6. The van der Waals surface area contributed by atoms with Crippen molar-refractivity contribution in [2.45, 2.75) is 36.7 Å². The first-order valence-corrected chi connectivity index (χ1v) is 11.2. The molecule has 170 valence electrons. The molecule has 3 aromatic rings. The van der Waals surface area contributed by atoms with E-state index >= 15 is 0 Å². The van der Waals surface area contributed by atoms with Gasteiger partial charge in [-0.3, -0.25) is 9.59 Å². The van der Waals surface area contributed by atoms with Gasteiger partial charge in [-0.15, -0.1) is 0 Å². The molecule has 0 spiro atoms. The summed E-state index contributed by atoms with van der Waals surface area (Å²) in [5.41, 5.74) is 0.655. The van der Waals surface area contributed by atoms with E-state index in [0.29, 0.717) is 47.6 Å². The third-order valence-electron chi connectivity index (χ3n) is 7.69. The molecule has 3 aromatic heterocycles. The zero-order valence-electron chi connectivity index (χ0n) is 17.8. The van der Waals surface area contributed by atoms with Crippen LogP contribution in [-0.2, 0) is 10.3 Å². The quantitative estimate of drug-likeness (QED) is 0.517. The van der Waals surface area contributed by atoms with Crippen LogP contribution in [-0.4, -0.2) is 57.0 Å². The summed E-state index contributed by atoms with van der Waals surface area (Å²) in [7, 11) is 1.73. The lowest BCUT2D eigenvalue weighted by atomic mass is 9.90. The fourth-order valence-electron chi connectivity index (χ4n) is 5.61. The Bertz CT molecular complexity index is 1360. The van der Waals surface area contributed by atoms with Crippen LogP contribution in [0.5, 0.6) is 0 Å². The molecule has 6 atom stereocenters. The second-order valence-electron chi connectivity index (χ2n) is 9.24. The Morgan fingerprint density at radius 3 is 2.91 bits per heavy atom. The lowest BCUT2D eigenvalue weighted by molar-refractivity contribution is 0.0826. The highest BCUT2D eigenvalue weighted by molar-refractivity contribution is 6.00. The van der Waals surface area contributed by atoms with Crippen molar-refractivity contribution in [2.24, 2.45) is 11.8 Å². The maximum atomic E-state index is 13.6. The number of hydrogen-bond acceptors (Lipinski definition) is 7. The number of halogens is 1. The van der Waals surface area contributed by atoms with E-state index in [4.69, 9.17) is 4.74 Å². The number of ether oxygens (including phenoxy) is 1. The predicted molar refractivity (Wildman–Crippen MR) is 117 cm³/mol. The molecular weight excluding hydrogens is 429 g/mol. The van der Waals surface area contributed by atoms with Gasteiger partial charge in [0.25, 0.3) is 11.5 Å². The van der Waals surface area contributed by atoms with Gasteiger partial charge in [-0.1, -0.05) is 0 Å². The molecule has 2 saturated heterocycles. The van der Waals surface area contributed by atoms with Gasteiger partial charge in [0.1, 0.15) is 29.1 Å². The van der Waals surface area contributed by atoms with Gasteiger partial charge in [-0.25, -0.2) is 9.37 Å². The number of anilines is 3. The molecule has 10 nitrogen and oxygen atoms in total. The van der Waals surface area contributed by atoms with Crippen LogP contribution < -0.4 is 21.5 Å². The van der Waals surface area contributed by atoms with Crippen molar-refractivity contribution < 1.29 is 13.9 Å². The maximum Gasteiger partial charge on any atom is 0.274 e. The largest absolute Gasteiger partial charge is 0.375 e. The lowest BCUT2D eigenvalue weighted by Crippen LogP contribution is -2.48. The molecule has 8 rings (SSSR count). The third-order valence-corrected chi connectivity index (χ3v) is 7.69. The van der Waals surface area contributed by atoms with E-state index in [9.17, 15) is 14.0 Å². The molecule has 2 bridgehead atoms. The third kappa shape index (κ3) is 2.40. The Morgan fingerprint density at radius 2 is 2.24 bits per heavy atom. The van der Waals surface area contributed by atoms with E-state index in [1.165, 1.54) is 10.7 Å². The van der Waals surface area contributed by atoms with Crippen molar-refractivity contribution in [1.82, 2.24) is 24.5 Å². The topological polar surface area (TPSA) is 115 Å². The first-order chi connectivity index (χ1) is 16.0. The molecule has 5 heterocycles. The number of alkyl halides is 1. The van der Waals surface area contributed by atoms with Crippen LogP contribution in [0.3, 0.4) is 0 Å². The molecule has 3 aliphatic carbocycles. The van der Waals surface area contributed by atoms with Crippen molar-refractivity contribution in [2.75, 3.05) is 24.3 Å². The summed E-state index contributed by atoms with van der Waals surface area (Å²) in [6.07, 6.45) is 3.45. The van der Waals surface area contributed by atoms with Gasteiger partial charge in [0.15, 0.2) is 5.65 Å². The molecule has 3 N–H and O–H groups in total. The molecule has 33 heavy (non-hydrogen) atoms. The highest BCUT2D eigenvalue weighted by atomic mass is 19.1. The van der Waals surface area contributed by atoms with Crippen molar-refractivity contribution >= 4 is 28.9 Å². The first kappa shape index (κ1) is 19.0. The number of pyridine rings is 1. The Morgan fingerprint density at radius 1 is 1.36 bits per heavy atom. The van der Waals surface area contributed by atoms with Crippen LogP contribution in [0.15, 0.2) is 35.4 Å². The van der Waals surface area contributed by atoms with Crippen molar-refractivity contribution in [1.29, 1.82) is 0 Å². The Balaban J connectivity index is 1.23. The van der Waals surface area contributed by atoms with Gasteiger partial charge >= 0.3 is 0 Å². The predicted octanol–water partition coefficient (Wildman–Crippen LogP) is 1.26. The van der Waals surface area contributed by atoms with Crippen molar-refractivity contribution in [3.63, 3.8) is 0 Å². The van der Waals surface area contributed by atoms with Crippen LogP contribution in [0.1, 0.15) is 23.2 Å². The monoisotopic (exact) mass is 451 g/mol. The SMILES string of the molecule is CNc1cc(Nc2cccn([C@]34C5OC[C@@H]3[C@H]54)c2=O)nc2c(C(=O)N[C@H]3CC[C@H]3F)cnn12. The van der Waals surface area contributed by atoms with E-state index in [2.05, 4.69) is 26.0 Å². The highest BCUT2D eigenvalue weighted by Crippen LogP contribution is 2.82. The van der Waals surface area contributed by atoms with Gasteiger partial charge in [0, 0.05) is 31.1 Å². The number of nitrogens with one attached hydrogen (secondary N) is 3. The summed E-state index contributed by atoms with van der Waals surface area (Å²) >= 11 is 0. The van der Waals surface area contributed by atoms with E-state index in [-0.39, 0.29) is 22.8 Å². The Labute approximate surface area is 187 Å². The molecule has 11 heteroatoms. The number of carbonyl (C=O) groups excluding carboxylic acids is 1. The minimum atomic E-state index is -1.02. The highest BCUT2D eigenvalue weighted by Gasteiger charge is 2.93. The average molecular weight is 451 g/mol. The molecule has 2 aliphatic heterocycles. The average Bonchev–Trinajstić information content (AvgIpc) is 3.32. The molecule has 3 saturated carbocycles.